The Hall–Kier alpha value is -2.25. The predicted octanol–water partition coefficient (Wildman–Crippen LogP) is 4.71. The molecular formula is C21H24ClN3O3S. The third-order valence-corrected chi connectivity index (χ3v) is 5.87. The van der Waals surface area contributed by atoms with E-state index in [0.717, 1.165) is 24.2 Å². The minimum Gasteiger partial charge on any atom is -0.463 e. The second-order valence-electron chi connectivity index (χ2n) is 6.70. The van der Waals surface area contributed by atoms with Gasteiger partial charge < -0.3 is 15.0 Å². The van der Waals surface area contributed by atoms with Crippen LogP contribution in [0.4, 0.5) is 5.82 Å². The molecule has 0 saturated carbocycles. The first-order valence-electron chi connectivity index (χ1n) is 9.63. The van der Waals surface area contributed by atoms with Crippen molar-refractivity contribution < 1.29 is 9.53 Å². The maximum absolute atomic E-state index is 13.1. The van der Waals surface area contributed by atoms with E-state index in [4.69, 9.17) is 16.3 Å². The maximum atomic E-state index is 13.1. The molecule has 6 nitrogen and oxygen atoms in total. The number of allylic oxidation sites excluding steroid dienone is 1. The number of nitrogens with zero attached hydrogens (tertiary/aromatic N) is 1. The zero-order valence-corrected chi connectivity index (χ0v) is 18.2. The first kappa shape index (κ1) is 21.5. The van der Waals surface area contributed by atoms with Gasteiger partial charge in [-0.3, -0.25) is 4.79 Å². The Balaban J connectivity index is 2.12. The number of rotatable bonds is 7. The molecule has 1 aliphatic heterocycles. The van der Waals surface area contributed by atoms with Crippen molar-refractivity contribution in [2.24, 2.45) is 0 Å². The van der Waals surface area contributed by atoms with Crippen LogP contribution in [0.1, 0.15) is 50.7 Å². The smallest absolute Gasteiger partial charge is 0.336 e. The molecule has 2 heterocycles. The first-order valence-corrected chi connectivity index (χ1v) is 11.0. The number of aromatic nitrogens is 2. The summed E-state index contributed by atoms with van der Waals surface area (Å²) in [4.78, 5) is 33.3. The van der Waals surface area contributed by atoms with Gasteiger partial charge in [-0.15, -0.1) is 0 Å². The summed E-state index contributed by atoms with van der Waals surface area (Å²) in [6, 6.07) is 7.12. The number of fused-ring (bicyclic) bond motifs is 1. The van der Waals surface area contributed by atoms with E-state index in [1.54, 1.807) is 26.0 Å². The van der Waals surface area contributed by atoms with E-state index < -0.39 is 11.9 Å². The average molecular weight is 434 g/mol. The molecule has 1 aliphatic rings. The number of unbranched alkanes of at least 4 members (excludes halogenated alkanes) is 1. The number of ether oxygens (including phenoxy) is 1. The lowest BCUT2D eigenvalue weighted by Gasteiger charge is -2.28. The molecule has 0 radical (unpaired) electrons. The molecule has 0 bridgehead atoms. The van der Waals surface area contributed by atoms with Gasteiger partial charge in [0.1, 0.15) is 5.82 Å². The van der Waals surface area contributed by atoms with E-state index in [-0.39, 0.29) is 12.2 Å². The fourth-order valence-electron chi connectivity index (χ4n) is 3.28. The predicted molar refractivity (Wildman–Crippen MR) is 117 cm³/mol. The van der Waals surface area contributed by atoms with E-state index >= 15 is 0 Å². The second-order valence-corrected chi connectivity index (χ2v) is 8.22. The number of hydrogen-bond donors (Lipinski definition) is 2. The number of thioether (sulfide) groups is 1. The summed E-state index contributed by atoms with van der Waals surface area (Å²) < 4.78 is 5.27. The highest BCUT2D eigenvalue weighted by atomic mass is 35.5. The lowest BCUT2D eigenvalue weighted by molar-refractivity contribution is -0.138. The van der Waals surface area contributed by atoms with Gasteiger partial charge in [0.05, 0.1) is 23.7 Å². The normalized spacial score (nSPS) is 15.7. The highest BCUT2D eigenvalue weighted by Gasteiger charge is 2.36. The highest BCUT2D eigenvalue weighted by molar-refractivity contribution is 7.99. The van der Waals surface area contributed by atoms with Gasteiger partial charge in [0.25, 0.3) is 5.56 Å². The zero-order chi connectivity index (χ0) is 21.0. The summed E-state index contributed by atoms with van der Waals surface area (Å²) in [7, 11) is 0. The third kappa shape index (κ3) is 4.67. The molecule has 8 heteroatoms. The molecule has 0 aliphatic carbocycles. The number of H-pyrrole nitrogens is 1. The molecule has 0 unspecified atom stereocenters. The lowest BCUT2D eigenvalue weighted by Crippen LogP contribution is -2.31. The Morgan fingerprint density at radius 1 is 1.28 bits per heavy atom. The Kier molecular flexibility index (Phi) is 7.03. The van der Waals surface area contributed by atoms with Crippen molar-refractivity contribution in [2.45, 2.75) is 44.7 Å². The molecule has 1 aromatic carbocycles. The van der Waals surface area contributed by atoms with Crippen molar-refractivity contribution in [1.29, 1.82) is 0 Å². The molecule has 1 aromatic heterocycles. The Morgan fingerprint density at radius 3 is 2.66 bits per heavy atom. The fraction of sp³-hybridized carbons (Fsp3) is 0.381. The summed E-state index contributed by atoms with van der Waals surface area (Å²) >= 11 is 7.56. The Morgan fingerprint density at radius 2 is 2.00 bits per heavy atom. The number of carbonyl (C=O) groups excluding carboxylic acids is 1. The number of halogens is 1. The molecule has 2 aromatic rings. The van der Waals surface area contributed by atoms with Crippen LogP contribution in [-0.4, -0.2) is 28.3 Å². The largest absolute Gasteiger partial charge is 0.463 e. The van der Waals surface area contributed by atoms with E-state index in [0.29, 0.717) is 32.8 Å². The molecule has 0 saturated heterocycles. The number of carbonyl (C=O) groups is 1. The van der Waals surface area contributed by atoms with E-state index in [1.807, 2.05) is 12.1 Å². The molecule has 154 valence electrons. The summed E-state index contributed by atoms with van der Waals surface area (Å²) in [5.74, 6) is 0.303. The topological polar surface area (TPSA) is 84.1 Å². The van der Waals surface area contributed by atoms with Gasteiger partial charge in [0, 0.05) is 16.5 Å². The van der Waals surface area contributed by atoms with Crippen LogP contribution in [0.25, 0.3) is 0 Å². The van der Waals surface area contributed by atoms with E-state index in [9.17, 15) is 9.59 Å². The third-order valence-electron chi connectivity index (χ3n) is 4.66. The van der Waals surface area contributed by atoms with Gasteiger partial charge in [0.15, 0.2) is 5.16 Å². The van der Waals surface area contributed by atoms with Crippen LogP contribution in [0.5, 0.6) is 0 Å². The minimum atomic E-state index is -0.589. The Bertz CT molecular complexity index is 986. The van der Waals surface area contributed by atoms with Gasteiger partial charge in [-0.2, -0.15) is 0 Å². The van der Waals surface area contributed by atoms with Crippen LogP contribution in [0.15, 0.2) is 45.5 Å². The van der Waals surface area contributed by atoms with Crippen LogP contribution in [0, 0.1) is 0 Å². The van der Waals surface area contributed by atoms with Gasteiger partial charge in [0.2, 0.25) is 0 Å². The van der Waals surface area contributed by atoms with Crippen molar-refractivity contribution in [3.63, 3.8) is 0 Å². The van der Waals surface area contributed by atoms with Gasteiger partial charge in [-0.1, -0.05) is 48.8 Å². The SMILES string of the molecule is CCCCSc1nc2c(c(=O)[nH]1)[C@@H](c1ccc(Cl)cc1)C(C(=O)OCC)=C(C)N2. The van der Waals surface area contributed by atoms with Crippen molar-refractivity contribution in [2.75, 3.05) is 17.7 Å². The lowest BCUT2D eigenvalue weighted by atomic mass is 9.82. The number of aromatic amines is 1. The summed E-state index contributed by atoms with van der Waals surface area (Å²) in [5.41, 5.74) is 1.94. The summed E-state index contributed by atoms with van der Waals surface area (Å²) in [5, 5.41) is 4.29. The van der Waals surface area contributed by atoms with Gasteiger partial charge in [-0.25, -0.2) is 9.78 Å². The molecule has 29 heavy (non-hydrogen) atoms. The number of nitrogens with one attached hydrogen (secondary N) is 2. The minimum absolute atomic E-state index is 0.247. The number of anilines is 1. The van der Waals surface area contributed by atoms with Crippen LogP contribution < -0.4 is 10.9 Å². The van der Waals surface area contributed by atoms with Gasteiger partial charge >= 0.3 is 5.97 Å². The van der Waals surface area contributed by atoms with Crippen molar-refractivity contribution in [3.05, 3.63) is 62.0 Å². The number of hydrogen-bond acceptors (Lipinski definition) is 6. The van der Waals surface area contributed by atoms with E-state index in [2.05, 4.69) is 22.2 Å². The molecule has 0 spiro atoms. The molecule has 0 fully saturated rings. The van der Waals surface area contributed by atoms with E-state index in [1.165, 1.54) is 11.8 Å². The molecule has 0 amide bonds. The highest BCUT2D eigenvalue weighted by Crippen LogP contribution is 2.40. The standard InChI is InChI=1S/C21H24ClN3O3S/c1-4-6-11-29-21-24-18-17(19(26)25-21)16(13-7-9-14(22)10-8-13)15(12(3)23-18)20(27)28-5-2/h7-10,16H,4-6,11H2,1-3H3,(H2,23,24,25,26)/t16-/m0/s1. The fourth-order valence-corrected chi connectivity index (χ4v) is 4.35. The van der Waals surface area contributed by atoms with Crippen LogP contribution in [-0.2, 0) is 9.53 Å². The maximum Gasteiger partial charge on any atom is 0.336 e. The van der Waals surface area contributed by atoms with Crippen molar-refractivity contribution in [3.8, 4) is 0 Å². The quantitative estimate of drug-likeness (QED) is 0.285. The van der Waals surface area contributed by atoms with Crippen LogP contribution in [0.3, 0.4) is 0 Å². The summed E-state index contributed by atoms with van der Waals surface area (Å²) in [6.45, 7) is 5.92. The Labute approximate surface area is 179 Å². The number of esters is 1. The summed E-state index contributed by atoms with van der Waals surface area (Å²) in [6.07, 6.45) is 2.11. The number of benzene rings is 1. The molecule has 1 atom stereocenters. The molecular weight excluding hydrogens is 410 g/mol. The van der Waals surface area contributed by atoms with Crippen LogP contribution >= 0.6 is 23.4 Å². The second kappa shape index (κ2) is 9.50. The van der Waals surface area contributed by atoms with Gasteiger partial charge in [-0.05, 0) is 38.0 Å². The molecule has 2 N–H and O–H groups in total. The van der Waals surface area contributed by atoms with Crippen LogP contribution in [0.2, 0.25) is 5.02 Å². The average Bonchev–Trinajstić information content (AvgIpc) is 2.68. The monoisotopic (exact) mass is 433 g/mol. The first-order chi connectivity index (χ1) is 14.0. The van der Waals surface area contributed by atoms with Crippen molar-refractivity contribution in [1.82, 2.24) is 9.97 Å². The zero-order valence-electron chi connectivity index (χ0n) is 16.7. The molecule has 3 rings (SSSR count). The van der Waals surface area contributed by atoms with Crippen molar-refractivity contribution >= 4 is 35.1 Å².